The molecule has 0 spiro atoms. The van der Waals surface area contributed by atoms with E-state index in [2.05, 4.69) is 30.8 Å². The molecule has 0 aromatic heterocycles. The molecule has 0 saturated heterocycles. The van der Waals surface area contributed by atoms with E-state index in [1.165, 1.54) is 12.1 Å². The van der Waals surface area contributed by atoms with Crippen LogP contribution in [0.15, 0.2) is 36.4 Å². The zero-order valence-electron chi connectivity index (χ0n) is 17.9. The van der Waals surface area contributed by atoms with Gasteiger partial charge in [0.1, 0.15) is 17.5 Å². The molecule has 0 aliphatic heterocycles. The third kappa shape index (κ3) is 6.48. The van der Waals surface area contributed by atoms with E-state index in [4.69, 9.17) is 4.74 Å². The zero-order chi connectivity index (χ0) is 21.9. The van der Waals surface area contributed by atoms with Crippen molar-refractivity contribution in [2.75, 3.05) is 18.2 Å². The summed E-state index contributed by atoms with van der Waals surface area (Å²) in [6, 6.07) is 12.4. The van der Waals surface area contributed by atoms with Gasteiger partial charge in [0.25, 0.3) is 0 Å². The molecular formula is C23H30N4O3. The Kier molecular flexibility index (Phi) is 9.13. The first-order valence-electron chi connectivity index (χ1n) is 10.3. The van der Waals surface area contributed by atoms with E-state index < -0.39 is 5.97 Å². The first kappa shape index (κ1) is 23.2. The second-order valence-corrected chi connectivity index (χ2v) is 7.06. The summed E-state index contributed by atoms with van der Waals surface area (Å²) in [6.45, 7) is 7.56. The van der Waals surface area contributed by atoms with E-state index in [0.29, 0.717) is 30.3 Å². The van der Waals surface area contributed by atoms with Gasteiger partial charge in [-0.25, -0.2) is 20.8 Å². The normalized spacial score (nSPS) is 10.5. The summed E-state index contributed by atoms with van der Waals surface area (Å²) >= 11 is 0. The Morgan fingerprint density at radius 3 is 2.20 bits per heavy atom. The monoisotopic (exact) mass is 410 g/mol. The predicted molar refractivity (Wildman–Crippen MR) is 118 cm³/mol. The molecule has 2 aromatic rings. The van der Waals surface area contributed by atoms with Crippen molar-refractivity contribution in [2.45, 2.75) is 46.5 Å². The van der Waals surface area contributed by atoms with Crippen molar-refractivity contribution in [3.63, 3.8) is 0 Å². The molecule has 0 amide bonds. The molecule has 7 heteroatoms. The van der Waals surface area contributed by atoms with Gasteiger partial charge in [0, 0.05) is 13.1 Å². The quantitative estimate of drug-likeness (QED) is 0.342. The summed E-state index contributed by atoms with van der Waals surface area (Å²) in [5.41, 5.74) is 8.31. The number of ether oxygens (including phenoxy) is 1. The molecule has 2 aromatic carbocycles. The van der Waals surface area contributed by atoms with Crippen molar-refractivity contribution < 1.29 is 14.6 Å². The molecule has 0 aliphatic carbocycles. The first-order valence-corrected chi connectivity index (χ1v) is 10.3. The summed E-state index contributed by atoms with van der Waals surface area (Å²) in [5, 5.41) is 20.9. The minimum atomic E-state index is -1.10. The van der Waals surface area contributed by atoms with Crippen LogP contribution in [-0.4, -0.2) is 24.2 Å². The third-order valence-corrected chi connectivity index (χ3v) is 4.52. The highest BCUT2D eigenvalue weighted by Gasteiger charge is 2.21. The Balaban J connectivity index is 2.51. The largest absolute Gasteiger partial charge is 0.478 e. The number of nitriles is 1. The maximum Gasteiger partial charge on any atom is 0.335 e. The van der Waals surface area contributed by atoms with E-state index in [9.17, 15) is 15.2 Å². The Morgan fingerprint density at radius 1 is 1.10 bits per heavy atom. The van der Waals surface area contributed by atoms with Gasteiger partial charge in [-0.05, 0) is 44.0 Å². The number of benzene rings is 2. The molecule has 0 heterocycles. The van der Waals surface area contributed by atoms with Crippen LogP contribution >= 0.6 is 0 Å². The maximum absolute atomic E-state index is 11.7. The summed E-state index contributed by atoms with van der Waals surface area (Å²) in [6.07, 6.45) is 3.93. The van der Waals surface area contributed by atoms with Crippen LogP contribution in [0.4, 0.5) is 5.69 Å². The Bertz CT molecular complexity index is 865. The molecule has 0 atom stereocenters. The summed E-state index contributed by atoms with van der Waals surface area (Å²) < 4.78 is 6.08. The number of hydrogen-bond acceptors (Lipinski definition) is 6. The number of aryl methyl sites for hydroxylation is 1. The van der Waals surface area contributed by atoms with Gasteiger partial charge in [-0.2, -0.15) is 5.26 Å². The van der Waals surface area contributed by atoms with Crippen LogP contribution in [0.25, 0.3) is 0 Å². The molecule has 0 radical (unpaired) electrons. The summed E-state index contributed by atoms with van der Waals surface area (Å²) in [7, 11) is 0. The van der Waals surface area contributed by atoms with Crippen LogP contribution < -0.4 is 20.7 Å². The van der Waals surface area contributed by atoms with Crippen LogP contribution in [0.5, 0.6) is 11.5 Å². The first-order chi connectivity index (χ1) is 14.5. The number of nitrogens with one attached hydrogen (secondary N) is 2. The Morgan fingerprint density at radius 2 is 1.70 bits per heavy atom. The van der Waals surface area contributed by atoms with Crippen molar-refractivity contribution in [2.24, 2.45) is 0 Å². The topological polar surface area (TPSA) is 97.6 Å². The highest BCUT2D eigenvalue weighted by atomic mass is 16.5. The number of rotatable bonds is 12. The van der Waals surface area contributed by atoms with Gasteiger partial charge in [-0.15, -0.1) is 0 Å². The second kappa shape index (κ2) is 11.8. The molecule has 0 aliphatic rings. The van der Waals surface area contributed by atoms with Gasteiger partial charge in [0.2, 0.25) is 0 Å². The number of aromatic carboxylic acids is 1. The standard InChI is InChI=1S/C23H30N4O3/c1-4-6-12-25-27(26-13-7-5-2)21-15-18(23(28)29)14-19(16-24)22(21)30-20-10-8-17(3)9-11-20/h8-11,14-15,25-26H,4-7,12-13H2,1-3H3,(H,28,29). The third-order valence-electron chi connectivity index (χ3n) is 4.52. The molecule has 0 unspecified atom stereocenters. The minimum absolute atomic E-state index is 0.0254. The molecule has 0 bridgehead atoms. The van der Waals surface area contributed by atoms with Gasteiger partial charge in [0.15, 0.2) is 5.75 Å². The van der Waals surface area contributed by atoms with Gasteiger partial charge in [-0.3, -0.25) is 0 Å². The average molecular weight is 411 g/mol. The lowest BCUT2D eigenvalue weighted by atomic mass is 10.1. The van der Waals surface area contributed by atoms with E-state index in [1.807, 2.05) is 31.2 Å². The lowest BCUT2D eigenvalue weighted by Gasteiger charge is -2.28. The van der Waals surface area contributed by atoms with Gasteiger partial charge in [-0.1, -0.05) is 44.4 Å². The van der Waals surface area contributed by atoms with Crippen molar-refractivity contribution >= 4 is 11.7 Å². The number of hydrogen-bond donors (Lipinski definition) is 3. The number of carbonyl (C=O) groups is 1. The molecule has 30 heavy (non-hydrogen) atoms. The average Bonchev–Trinajstić information content (AvgIpc) is 2.74. The van der Waals surface area contributed by atoms with Gasteiger partial charge >= 0.3 is 5.97 Å². The van der Waals surface area contributed by atoms with Crippen LogP contribution in [0.1, 0.15) is 61.0 Å². The molecule has 0 saturated carbocycles. The number of unbranched alkanes of at least 4 members (excludes halogenated alkanes) is 2. The van der Waals surface area contributed by atoms with Crippen molar-refractivity contribution in [3.8, 4) is 17.6 Å². The highest BCUT2D eigenvalue weighted by molar-refractivity contribution is 5.91. The Labute approximate surface area is 178 Å². The number of hydrazine groups is 2. The molecule has 2 rings (SSSR count). The van der Waals surface area contributed by atoms with Crippen LogP contribution in [0, 0.1) is 18.3 Å². The summed E-state index contributed by atoms with van der Waals surface area (Å²) in [4.78, 5) is 11.7. The fraction of sp³-hybridized carbons (Fsp3) is 0.391. The predicted octanol–water partition coefficient (Wildman–Crippen LogP) is 4.77. The van der Waals surface area contributed by atoms with Gasteiger partial charge < -0.3 is 9.84 Å². The fourth-order valence-electron chi connectivity index (χ4n) is 2.78. The van der Waals surface area contributed by atoms with Crippen LogP contribution in [-0.2, 0) is 0 Å². The number of carboxylic acid groups (broad SMARTS) is 1. The van der Waals surface area contributed by atoms with Gasteiger partial charge in [0.05, 0.1) is 11.1 Å². The fourth-order valence-corrected chi connectivity index (χ4v) is 2.78. The molecule has 3 N–H and O–H groups in total. The number of nitrogens with zero attached hydrogens (tertiary/aromatic N) is 2. The summed E-state index contributed by atoms with van der Waals surface area (Å²) in [5.74, 6) is -0.223. The highest BCUT2D eigenvalue weighted by Crippen LogP contribution is 2.36. The van der Waals surface area contributed by atoms with Crippen molar-refractivity contribution in [3.05, 3.63) is 53.1 Å². The molecular weight excluding hydrogens is 380 g/mol. The van der Waals surface area contributed by atoms with Crippen LogP contribution in [0.2, 0.25) is 0 Å². The van der Waals surface area contributed by atoms with E-state index in [-0.39, 0.29) is 11.1 Å². The molecule has 7 nitrogen and oxygen atoms in total. The van der Waals surface area contributed by atoms with Crippen molar-refractivity contribution in [1.82, 2.24) is 10.9 Å². The lowest BCUT2D eigenvalue weighted by Crippen LogP contribution is -2.49. The van der Waals surface area contributed by atoms with E-state index in [0.717, 1.165) is 31.2 Å². The van der Waals surface area contributed by atoms with E-state index >= 15 is 0 Å². The lowest BCUT2D eigenvalue weighted by molar-refractivity contribution is 0.0697. The SMILES string of the molecule is CCCCNN(NCCCC)c1cc(C(=O)O)cc(C#N)c1Oc1ccc(C)cc1. The van der Waals surface area contributed by atoms with Crippen LogP contribution in [0.3, 0.4) is 0 Å². The smallest absolute Gasteiger partial charge is 0.335 e. The minimum Gasteiger partial charge on any atom is -0.478 e. The van der Waals surface area contributed by atoms with E-state index in [1.54, 1.807) is 5.12 Å². The number of carboxylic acids is 1. The second-order valence-electron chi connectivity index (χ2n) is 7.06. The maximum atomic E-state index is 11.7. The zero-order valence-corrected chi connectivity index (χ0v) is 17.9. The number of anilines is 1. The molecule has 160 valence electrons. The Hall–Kier alpha value is -3.08. The molecule has 0 fully saturated rings. The van der Waals surface area contributed by atoms with Crippen molar-refractivity contribution in [1.29, 1.82) is 5.26 Å².